The number of amides is 3. The summed E-state index contributed by atoms with van der Waals surface area (Å²) in [6.07, 6.45) is 8.42. The topological polar surface area (TPSA) is 134 Å². The number of likely N-dealkylation sites (tertiary alicyclic amines) is 1. The SMILES string of the molecule is Cc1ccc(C(=O)NCc2ccc(-c3ncnn4cc(-c5ccc(CN6CCC(c7ccc(NC8CCC(=O)NC8=O)cc7)CC6)cc5)cc34)cc2C)nc1. The lowest BCUT2D eigenvalue weighted by Gasteiger charge is -2.32. The van der Waals surface area contributed by atoms with E-state index >= 15 is 0 Å². The summed E-state index contributed by atoms with van der Waals surface area (Å²) in [5, 5.41) is 13.2. The zero-order valence-electron chi connectivity index (χ0n) is 31.1. The molecule has 2 aliphatic rings. The van der Waals surface area contributed by atoms with Crippen molar-refractivity contribution in [3.8, 4) is 22.4 Å². The molecule has 0 saturated carbocycles. The minimum atomic E-state index is -0.372. The molecule has 1 unspecified atom stereocenters. The van der Waals surface area contributed by atoms with Crippen LogP contribution in [-0.2, 0) is 22.7 Å². The van der Waals surface area contributed by atoms with Gasteiger partial charge in [-0.1, -0.05) is 54.6 Å². The standard InChI is InChI=1S/C44H44N8O3/c1-28-3-14-38(45-23-28)43(54)46-24-35-9-8-34(21-29(35)2)42-40-22-36(26-52(40)48-27-47-42)32-6-4-30(5-7-32)25-51-19-17-33(18-20-51)31-10-12-37(13-11-31)49-39-15-16-41(53)50-44(39)55/h3-14,21-23,26-27,33,39,49H,15-20,24-25H2,1-2H3,(H,46,54)(H,50,53,55). The first-order chi connectivity index (χ1) is 26.8. The minimum Gasteiger partial charge on any atom is -0.374 e. The second kappa shape index (κ2) is 15.6. The van der Waals surface area contributed by atoms with Crippen molar-refractivity contribution < 1.29 is 14.4 Å². The van der Waals surface area contributed by atoms with E-state index in [9.17, 15) is 14.4 Å². The van der Waals surface area contributed by atoms with Crippen molar-refractivity contribution in [3.05, 3.63) is 137 Å². The Balaban J connectivity index is 0.861. The quantitative estimate of drug-likeness (QED) is 0.134. The van der Waals surface area contributed by atoms with Gasteiger partial charge in [0.1, 0.15) is 18.1 Å². The fourth-order valence-electron chi connectivity index (χ4n) is 7.59. The Morgan fingerprint density at radius 3 is 2.36 bits per heavy atom. The van der Waals surface area contributed by atoms with Gasteiger partial charge in [-0.3, -0.25) is 29.6 Å². The van der Waals surface area contributed by atoms with Gasteiger partial charge in [0.25, 0.3) is 5.91 Å². The largest absolute Gasteiger partial charge is 0.374 e. The molecule has 1 atom stereocenters. The average Bonchev–Trinajstić information content (AvgIpc) is 3.64. The van der Waals surface area contributed by atoms with Gasteiger partial charge in [-0.2, -0.15) is 5.10 Å². The van der Waals surface area contributed by atoms with Crippen LogP contribution in [0.15, 0.2) is 104 Å². The van der Waals surface area contributed by atoms with Crippen LogP contribution in [0.4, 0.5) is 5.69 Å². The summed E-state index contributed by atoms with van der Waals surface area (Å²) in [6, 6.07) is 28.8. The number of anilines is 1. The molecule has 2 aliphatic heterocycles. The fraction of sp³-hybridized carbons (Fsp3) is 0.273. The summed E-state index contributed by atoms with van der Waals surface area (Å²) >= 11 is 0. The second-order valence-corrected chi connectivity index (χ2v) is 14.7. The van der Waals surface area contributed by atoms with Crippen LogP contribution < -0.4 is 16.0 Å². The number of piperidine rings is 2. The Bertz CT molecular complexity index is 2340. The number of nitrogens with one attached hydrogen (secondary N) is 3. The molecule has 0 bridgehead atoms. The van der Waals surface area contributed by atoms with Crippen molar-refractivity contribution in [1.82, 2.24) is 35.1 Å². The van der Waals surface area contributed by atoms with E-state index in [1.165, 1.54) is 11.1 Å². The van der Waals surface area contributed by atoms with E-state index in [4.69, 9.17) is 0 Å². The summed E-state index contributed by atoms with van der Waals surface area (Å²) in [5.41, 5.74) is 12.0. The third-order valence-corrected chi connectivity index (χ3v) is 10.8. The van der Waals surface area contributed by atoms with Crippen LogP contribution >= 0.6 is 0 Å². The number of pyridine rings is 1. The number of fused-ring (bicyclic) bond motifs is 1. The van der Waals surface area contributed by atoms with E-state index in [0.29, 0.717) is 31.0 Å². The van der Waals surface area contributed by atoms with Gasteiger partial charge in [0.15, 0.2) is 0 Å². The van der Waals surface area contributed by atoms with Gasteiger partial charge < -0.3 is 10.6 Å². The first kappa shape index (κ1) is 35.8. The summed E-state index contributed by atoms with van der Waals surface area (Å²) in [7, 11) is 0. The zero-order chi connectivity index (χ0) is 37.9. The maximum Gasteiger partial charge on any atom is 0.270 e. The maximum atomic E-state index is 12.6. The van der Waals surface area contributed by atoms with Gasteiger partial charge in [0.05, 0.1) is 11.2 Å². The molecular formula is C44H44N8O3. The second-order valence-electron chi connectivity index (χ2n) is 14.7. The van der Waals surface area contributed by atoms with Crippen LogP contribution in [0.1, 0.15) is 69.9 Å². The van der Waals surface area contributed by atoms with Crippen molar-refractivity contribution in [1.29, 1.82) is 0 Å². The Hall–Kier alpha value is -6.20. The molecular weight excluding hydrogens is 689 g/mol. The number of carbonyl (C=O) groups is 3. The highest BCUT2D eigenvalue weighted by atomic mass is 16.2. The van der Waals surface area contributed by atoms with Crippen LogP contribution in [0.5, 0.6) is 0 Å². The number of hydrogen-bond acceptors (Lipinski definition) is 8. The normalized spacial score (nSPS) is 16.6. The number of rotatable bonds is 10. The molecule has 2 saturated heterocycles. The smallest absolute Gasteiger partial charge is 0.270 e. The number of aryl methyl sites for hydroxylation is 2. The lowest BCUT2D eigenvalue weighted by Crippen LogP contribution is -2.47. The van der Waals surface area contributed by atoms with Crippen LogP contribution in [0, 0.1) is 13.8 Å². The van der Waals surface area contributed by atoms with Gasteiger partial charge in [0.2, 0.25) is 11.8 Å². The highest BCUT2D eigenvalue weighted by Crippen LogP contribution is 2.32. The third-order valence-electron chi connectivity index (χ3n) is 10.8. The number of carbonyl (C=O) groups excluding carboxylic acids is 3. The van der Waals surface area contributed by atoms with Crippen molar-refractivity contribution >= 4 is 28.9 Å². The molecule has 3 aromatic carbocycles. The van der Waals surface area contributed by atoms with Crippen LogP contribution in [0.25, 0.3) is 27.9 Å². The van der Waals surface area contributed by atoms with Crippen LogP contribution in [0.3, 0.4) is 0 Å². The van der Waals surface area contributed by atoms with E-state index in [1.54, 1.807) is 18.6 Å². The molecule has 11 heteroatoms. The molecule has 5 heterocycles. The number of imide groups is 1. The Labute approximate surface area is 320 Å². The lowest BCUT2D eigenvalue weighted by atomic mass is 9.89. The minimum absolute atomic E-state index is 0.196. The molecule has 2 fully saturated rings. The molecule has 6 aromatic rings. The molecule has 278 valence electrons. The number of aromatic nitrogens is 4. The summed E-state index contributed by atoms with van der Waals surface area (Å²) in [5.74, 6) is -0.140. The Morgan fingerprint density at radius 2 is 1.64 bits per heavy atom. The predicted molar refractivity (Wildman–Crippen MR) is 212 cm³/mol. The molecule has 0 radical (unpaired) electrons. The number of benzene rings is 3. The van der Waals surface area contributed by atoms with Crippen LogP contribution in [0.2, 0.25) is 0 Å². The van der Waals surface area contributed by atoms with E-state index in [-0.39, 0.29) is 23.8 Å². The molecule has 55 heavy (non-hydrogen) atoms. The monoisotopic (exact) mass is 732 g/mol. The van der Waals surface area contributed by atoms with Gasteiger partial charge in [0, 0.05) is 48.7 Å². The van der Waals surface area contributed by atoms with Gasteiger partial charge in [-0.25, -0.2) is 9.50 Å². The molecule has 11 nitrogen and oxygen atoms in total. The highest BCUT2D eigenvalue weighted by Gasteiger charge is 2.27. The van der Waals surface area contributed by atoms with Gasteiger partial charge in [-0.05, 0) is 116 Å². The highest BCUT2D eigenvalue weighted by molar-refractivity contribution is 6.01. The van der Waals surface area contributed by atoms with Gasteiger partial charge >= 0.3 is 0 Å². The summed E-state index contributed by atoms with van der Waals surface area (Å²) in [4.78, 5) is 47.6. The molecule has 3 amide bonds. The molecule has 3 N–H and O–H groups in total. The Morgan fingerprint density at radius 1 is 0.855 bits per heavy atom. The van der Waals surface area contributed by atoms with E-state index in [0.717, 1.165) is 82.8 Å². The van der Waals surface area contributed by atoms with Crippen molar-refractivity contribution in [2.24, 2.45) is 0 Å². The van der Waals surface area contributed by atoms with Crippen molar-refractivity contribution in [2.45, 2.75) is 64.6 Å². The molecule has 3 aromatic heterocycles. The van der Waals surface area contributed by atoms with E-state index < -0.39 is 0 Å². The first-order valence-electron chi connectivity index (χ1n) is 18.9. The molecule has 0 spiro atoms. The lowest BCUT2D eigenvalue weighted by molar-refractivity contribution is -0.133. The molecule has 8 rings (SSSR count). The maximum absolute atomic E-state index is 12.6. The van der Waals surface area contributed by atoms with E-state index in [1.807, 2.05) is 54.9 Å². The van der Waals surface area contributed by atoms with Crippen LogP contribution in [-0.4, -0.2) is 61.3 Å². The van der Waals surface area contributed by atoms with E-state index in [2.05, 4.69) is 84.4 Å². The average molecular weight is 733 g/mol. The van der Waals surface area contributed by atoms with Crippen molar-refractivity contribution in [2.75, 3.05) is 18.4 Å². The Kier molecular flexibility index (Phi) is 10.2. The third kappa shape index (κ3) is 8.17. The number of hydrogen-bond donors (Lipinski definition) is 3. The zero-order valence-corrected chi connectivity index (χ0v) is 31.1. The number of nitrogens with zero attached hydrogens (tertiary/aromatic N) is 5. The predicted octanol–water partition coefficient (Wildman–Crippen LogP) is 6.60. The fourth-order valence-corrected chi connectivity index (χ4v) is 7.59. The first-order valence-corrected chi connectivity index (χ1v) is 18.9. The summed E-state index contributed by atoms with van der Waals surface area (Å²) < 4.78 is 1.89. The van der Waals surface area contributed by atoms with Crippen molar-refractivity contribution in [3.63, 3.8) is 0 Å². The molecule has 0 aliphatic carbocycles. The summed E-state index contributed by atoms with van der Waals surface area (Å²) in [6.45, 7) is 7.39. The van der Waals surface area contributed by atoms with Gasteiger partial charge in [-0.15, -0.1) is 0 Å².